The number of aromatic nitrogens is 4. The van der Waals surface area contributed by atoms with Crippen molar-refractivity contribution in [1.82, 2.24) is 24.0 Å². The molecule has 3 aromatic heterocycles. The van der Waals surface area contributed by atoms with Gasteiger partial charge in [0.15, 0.2) is 11.6 Å². The lowest BCUT2D eigenvalue weighted by molar-refractivity contribution is -0.185. The fourth-order valence-corrected chi connectivity index (χ4v) is 4.58. The van der Waals surface area contributed by atoms with Crippen LogP contribution < -0.4 is 10.1 Å². The van der Waals surface area contributed by atoms with E-state index in [1.54, 1.807) is 24.3 Å². The van der Waals surface area contributed by atoms with E-state index >= 15 is 0 Å². The van der Waals surface area contributed by atoms with Crippen LogP contribution in [0.15, 0.2) is 47.4 Å². The van der Waals surface area contributed by atoms with Crippen LogP contribution in [-0.2, 0) is 28.5 Å². The molecule has 4 heterocycles. The van der Waals surface area contributed by atoms with Gasteiger partial charge in [-0.2, -0.15) is 17.5 Å². The monoisotopic (exact) mass is 550 g/mol. The molecular formula is C23H21F3N6O5S. The quantitative estimate of drug-likeness (QED) is 0.387. The highest BCUT2D eigenvalue weighted by atomic mass is 32.2. The summed E-state index contributed by atoms with van der Waals surface area (Å²) < 4.78 is 76.9. The first-order chi connectivity index (χ1) is 17.7. The summed E-state index contributed by atoms with van der Waals surface area (Å²) in [4.78, 5) is 21.1. The molecule has 15 heteroatoms. The SMILES string of the molecule is CC(C)(c1cc(NC(=O)n2ccc3cc(Oc4ncnc5c4CN(S(C)(=O)=O)C5)ccc32)no1)C(F)(F)F. The first-order valence-electron chi connectivity index (χ1n) is 11.2. The van der Waals surface area contributed by atoms with Gasteiger partial charge in [-0.1, -0.05) is 5.16 Å². The molecule has 200 valence electrons. The van der Waals surface area contributed by atoms with Crippen LogP contribution in [0.1, 0.15) is 30.9 Å². The number of nitrogens with one attached hydrogen (secondary N) is 1. The van der Waals surface area contributed by atoms with E-state index in [2.05, 4.69) is 20.4 Å². The summed E-state index contributed by atoms with van der Waals surface area (Å²) in [6, 6.07) is 6.91. The molecule has 0 fully saturated rings. The molecule has 0 saturated carbocycles. The number of hydrogen-bond donors (Lipinski definition) is 1. The number of halogens is 3. The van der Waals surface area contributed by atoms with Crippen molar-refractivity contribution in [1.29, 1.82) is 0 Å². The normalized spacial score (nSPS) is 14.6. The number of sulfonamides is 1. The number of nitrogens with zero attached hydrogens (tertiary/aromatic N) is 5. The number of carbonyl (C=O) groups is 1. The Balaban J connectivity index is 1.34. The van der Waals surface area contributed by atoms with Crippen LogP contribution in [-0.4, -0.2) is 50.9 Å². The second-order valence-corrected chi connectivity index (χ2v) is 11.3. The number of hydrogen-bond acceptors (Lipinski definition) is 8. The van der Waals surface area contributed by atoms with Crippen molar-refractivity contribution >= 4 is 32.8 Å². The number of amides is 1. The van der Waals surface area contributed by atoms with Crippen LogP contribution >= 0.6 is 0 Å². The number of rotatable bonds is 5. The second kappa shape index (κ2) is 8.80. The molecular weight excluding hydrogens is 529 g/mol. The maximum atomic E-state index is 13.3. The third-order valence-electron chi connectivity index (χ3n) is 6.29. The lowest BCUT2D eigenvalue weighted by atomic mass is 9.89. The van der Waals surface area contributed by atoms with Gasteiger partial charge < -0.3 is 9.26 Å². The Bertz CT molecular complexity index is 1660. The van der Waals surface area contributed by atoms with Crippen molar-refractivity contribution in [2.24, 2.45) is 0 Å². The van der Waals surface area contributed by atoms with Crippen LogP contribution in [0.25, 0.3) is 10.9 Å². The molecule has 38 heavy (non-hydrogen) atoms. The minimum atomic E-state index is -4.57. The summed E-state index contributed by atoms with van der Waals surface area (Å²) >= 11 is 0. The van der Waals surface area contributed by atoms with Crippen LogP contribution in [0.5, 0.6) is 11.6 Å². The maximum absolute atomic E-state index is 13.3. The summed E-state index contributed by atoms with van der Waals surface area (Å²) in [6.45, 7) is 2.13. The lowest BCUT2D eigenvalue weighted by Gasteiger charge is -2.24. The smallest absolute Gasteiger partial charge is 0.401 e. The summed E-state index contributed by atoms with van der Waals surface area (Å²) in [5.74, 6) is 0.0198. The standard InChI is InChI=1S/C23H21F3N6O5S/c1-22(2,23(24,25)26)18-9-19(30-37-18)29-21(33)32-7-6-13-8-14(4-5-17(13)32)36-20-15-10-31(38(3,34)35)11-16(15)27-12-28-20/h4-9,12H,10-11H2,1-3H3,(H,29,30,33). The highest BCUT2D eigenvalue weighted by molar-refractivity contribution is 7.88. The summed E-state index contributed by atoms with van der Waals surface area (Å²) in [6.07, 6.45) is -0.670. The molecule has 0 radical (unpaired) electrons. The third-order valence-corrected chi connectivity index (χ3v) is 7.49. The summed E-state index contributed by atoms with van der Waals surface area (Å²) in [5.41, 5.74) is -0.674. The molecule has 5 rings (SSSR count). The predicted octanol–water partition coefficient (Wildman–Crippen LogP) is 4.41. The van der Waals surface area contributed by atoms with Crippen molar-refractivity contribution in [2.45, 2.75) is 38.5 Å². The van der Waals surface area contributed by atoms with Crippen LogP contribution in [0.3, 0.4) is 0 Å². The number of fused-ring (bicyclic) bond motifs is 2. The zero-order valence-electron chi connectivity index (χ0n) is 20.3. The molecule has 1 aromatic carbocycles. The number of carbonyl (C=O) groups excluding carboxylic acids is 1. The van der Waals surface area contributed by atoms with Gasteiger partial charge in [0.1, 0.15) is 17.5 Å². The molecule has 4 aromatic rings. The van der Waals surface area contributed by atoms with E-state index in [1.165, 1.54) is 21.4 Å². The van der Waals surface area contributed by atoms with E-state index < -0.39 is 33.4 Å². The Hall–Kier alpha value is -3.98. The average molecular weight is 551 g/mol. The third kappa shape index (κ3) is 4.58. The molecule has 0 atom stereocenters. The van der Waals surface area contributed by atoms with Gasteiger partial charge in [0.2, 0.25) is 15.9 Å². The zero-order valence-corrected chi connectivity index (χ0v) is 21.1. The lowest BCUT2D eigenvalue weighted by Crippen LogP contribution is -2.35. The Kier molecular flexibility index (Phi) is 5.94. The van der Waals surface area contributed by atoms with Crippen molar-refractivity contribution in [2.75, 3.05) is 11.6 Å². The molecule has 1 aliphatic heterocycles. The van der Waals surface area contributed by atoms with Crippen molar-refractivity contribution < 1.29 is 35.6 Å². The highest BCUT2D eigenvalue weighted by Gasteiger charge is 2.51. The first-order valence-corrected chi connectivity index (χ1v) is 13.0. The van der Waals surface area contributed by atoms with Gasteiger partial charge in [0.25, 0.3) is 0 Å². The van der Waals surface area contributed by atoms with Crippen molar-refractivity contribution in [3.05, 3.63) is 59.9 Å². The van der Waals surface area contributed by atoms with Gasteiger partial charge in [-0.15, -0.1) is 0 Å². The maximum Gasteiger partial charge on any atom is 0.401 e. The van der Waals surface area contributed by atoms with Gasteiger partial charge >= 0.3 is 12.2 Å². The van der Waals surface area contributed by atoms with E-state index in [4.69, 9.17) is 9.26 Å². The molecule has 0 aliphatic carbocycles. The van der Waals surface area contributed by atoms with E-state index in [9.17, 15) is 26.4 Å². The predicted molar refractivity (Wildman–Crippen MR) is 128 cm³/mol. The highest BCUT2D eigenvalue weighted by Crippen LogP contribution is 2.41. The molecule has 11 nitrogen and oxygen atoms in total. The van der Waals surface area contributed by atoms with Crippen molar-refractivity contribution in [3.8, 4) is 11.6 Å². The van der Waals surface area contributed by atoms with E-state index in [-0.39, 0.29) is 24.8 Å². The zero-order chi connectivity index (χ0) is 27.5. The largest absolute Gasteiger partial charge is 0.439 e. The molecule has 1 N–H and O–H groups in total. The van der Waals surface area contributed by atoms with Gasteiger partial charge in [0, 0.05) is 24.2 Å². The molecule has 0 spiro atoms. The molecule has 0 saturated heterocycles. The Labute approximate surface area is 214 Å². The van der Waals surface area contributed by atoms with Gasteiger partial charge in [0.05, 0.1) is 29.6 Å². The number of benzene rings is 1. The van der Waals surface area contributed by atoms with Gasteiger partial charge in [-0.25, -0.2) is 23.2 Å². The molecule has 0 unspecified atom stereocenters. The van der Waals surface area contributed by atoms with Gasteiger partial charge in [-0.3, -0.25) is 9.88 Å². The van der Waals surface area contributed by atoms with Crippen LogP contribution in [0.2, 0.25) is 0 Å². The van der Waals surface area contributed by atoms with E-state index in [0.29, 0.717) is 27.9 Å². The summed E-state index contributed by atoms with van der Waals surface area (Å²) in [7, 11) is -3.42. The van der Waals surface area contributed by atoms with E-state index in [1.807, 2.05) is 0 Å². The van der Waals surface area contributed by atoms with E-state index in [0.717, 1.165) is 26.2 Å². The Morgan fingerprint density at radius 2 is 1.89 bits per heavy atom. The Morgan fingerprint density at radius 3 is 2.61 bits per heavy atom. The van der Waals surface area contributed by atoms with Crippen LogP contribution in [0.4, 0.5) is 23.8 Å². The minimum Gasteiger partial charge on any atom is -0.439 e. The molecule has 1 aliphatic rings. The van der Waals surface area contributed by atoms with Crippen molar-refractivity contribution in [3.63, 3.8) is 0 Å². The Morgan fingerprint density at radius 1 is 1.13 bits per heavy atom. The molecule has 1 amide bonds. The number of alkyl halides is 3. The second-order valence-electron chi connectivity index (χ2n) is 9.27. The number of ether oxygens (including phenoxy) is 1. The van der Waals surface area contributed by atoms with Gasteiger partial charge in [-0.05, 0) is 38.1 Å². The minimum absolute atomic E-state index is 0.0903. The molecule has 0 bridgehead atoms. The fraction of sp³-hybridized carbons (Fsp3) is 0.304. The summed E-state index contributed by atoms with van der Waals surface area (Å²) in [5, 5.41) is 6.60. The topological polar surface area (TPSA) is 132 Å². The van der Waals surface area contributed by atoms with Crippen LogP contribution in [0, 0.1) is 0 Å². The fourth-order valence-electron chi connectivity index (χ4n) is 3.86. The average Bonchev–Trinajstić information content (AvgIpc) is 3.56. The number of anilines is 1. The first kappa shape index (κ1) is 25.7.